The second-order valence-electron chi connectivity index (χ2n) is 5.90. The lowest BCUT2D eigenvalue weighted by molar-refractivity contribution is 0.314. The molecule has 3 aromatic heterocycles. The molecule has 0 saturated carbocycles. The number of nitrogen functional groups attached to an aromatic ring is 1. The topological polar surface area (TPSA) is 119 Å². The Hall–Kier alpha value is -3.01. The molecule has 3 aromatic rings. The van der Waals surface area contributed by atoms with Gasteiger partial charge in [-0.05, 0) is 13.8 Å². The molecule has 0 saturated heterocycles. The van der Waals surface area contributed by atoms with Gasteiger partial charge in [0, 0.05) is 6.54 Å². The molecule has 0 fully saturated rings. The van der Waals surface area contributed by atoms with Gasteiger partial charge in [0.2, 0.25) is 11.7 Å². The van der Waals surface area contributed by atoms with Gasteiger partial charge in [0.25, 0.3) is 5.88 Å². The Labute approximate surface area is 179 Å². The second-order valence-corrected chi connectivity index (χ2v) is 6.28. The number of halogens is 1. The maximum absolute atomic E-state index is 13.0. The Balaban J connectivity index is 0.00000155. The Kier molecular flexibility index (Phi) is 7.49. The number of rotatable bonds is 6. The Morgan fingerprint density at radius 2 is 1.63 bits per heavy atom. The van der Waals surface area contributed by atoms with E-state index in [0.29, 0.717) is 29.1 Å². The number of aryl methyl sites for hydroxylation is 2. The standard InChI is InChI=1S/C17H21ClN6O4.C2H6/c1-6-23-11-8(2)20-16(19)22-14(11)24(17(23)25)7-9-10(18)12(26-3)13(27-4)15(21-9)28-5;1-2/h6-7H2,1-5H3,(H2,19,20,22);1-2H3. The summed E-state index contributed by atoms with van der Waals surface area (Å²) in [5, 5.41) is 0.211. The molecule has 3 heterocycles. The van der Waals surface area contributed by atoms with E-state index in [2.05, 4.69) is 15.0 Å². The summed E-state index contributed by atoms with van der Waals surface area (Å²) in [4.78, 5) is 25.8. The second kappa shape index (κ2) is 9.66. The molecule has 0 aliphatic heterocycles. The first-order chi connectivity index (χ1) is 14.4. The highest BCUT2D eigenvalue weighted by molar-refractivity contribution is 6.33. The largest absolute Gasteiger partial charge is 0.491 e. The van der Waals surface area contributed by atoms with Crippen LogP contribution in [0, 0.1) is 6.92 Å². The molecule has 0 bridgehead atoms. The average Bonchev–Trinajstić information content (AvgIpc) is 3.01. The summed E-state index contributed by atoms with van der Waals surface area (Å²) in [6.07, 6.45) is 0. The summed E-state index contributed by atoms with van der Waals surface area (Å²) in [6, 6.07) is 0. The summed E-state index contributed by atoms with van der Waals surface area (Å²) in [6.45, 7) is 8.13. The lowest BCUT2D eigenvalue weighted by Crippen LogP contribution is -2.25. The van der Waals surface area contributed by atoms with Crippen molar-refractivity contribution in [3.05, 3.63) is 26.9 Å². The van der Waals surface area contributed by atoms with Crippen molar-refractivity contribution in [3.63, 3.8) is 0 Å². The zero-order valence-electron chi connectivity index (χ0n) is 18.2. The molecule has 10 nitrogen and oxygen atoms in total. The molecule has 164 valence electrons. The maximum atomic E-state index is 13.0. The highest BCUT2D eigenvalue weighted by Gasteiger charge is 2.24. The molecule has 0 amide bonds. The van der Waals surface area contributed by atoms with Crippen LogP contribution < -0.4 is 25.6 Å². The number of hydrogen-bond acceptors (Lipinski definition) is 8. The predicted molar refractivity (Wildman–Crippen MR) is 116 cm³/mol. The molecule has 30 heavy (non-hydrogen) atoms. The van der Waals surface area contributed by atoms with Crippen molar-refractivity contribution in [1.82, 2.24) is 24.1 Å². The molecule has 0 aromatic carbocycles. The first kappa shape index (κ1) is 23.3. The number of imidazole rings is 1. The number of nitrogens with two attached hydrogens (primary N) is 1. The zero-order chi connectivity index (χ0) is 22.6. The number of hydrogen-bond donors (Lipinski definition) is 1. The fraction of sp³-hybridized carbons (Fsp3) is 0.474. The molecule has 0 aliphatic carbocycles. The van der Waals surface area contributed by atoms with E-state index >= 15 is 0 Å². The Bertz CT molecular complexity index is 1110. The lowest BCUT2D eigenvalue weighted by atomic mass is 10.3. The summed E-state index contributed by atoms with van der Waals surface area (Å²) in [5.74, 6) is 0.806. The molecule has 0 atom stereocenters. The van der Waals surface area contributed by atoms with Crippen LogP contribution in [0.1, 0.15) is 32.2 Å². The van der Waals surface area contributed by atoms with Crippen LogP contribution in [0.2, 0.25) is 5.02 Å². The van der Waals surface area contributed by atoms with E-state index < -0.39 is 0 Å². The fourth-order valence-electron chi connectivity index (χ4n) is 3.15. The molecule has 3 rings (SSSR count). The molecule has 0 radical (unpaired) electrons. The number of aromatic nitrogens is 5. The van der Waals surface area contributed by atoms with Gasteiger partial charge in [-0.3, -0.25) is 9.13 Å². The van der Waals surface area contributed by atoms with Crippen molar-refractivity contribution in [1.29, 1.82) is 0 Å². The lowest BCUT2D eigenvalue weighted by Gasteiger charge is -2.15. The smallest absolute Gasteiger partial charge is 0.330 e. The van der Waals surface area contributed by atoms with Crippen LogP contribution in [0.4, 0.5) is 5.95 Å². The van der Waals surface area contributed by atoms with Crippen LogP contribution in [0.5, 0.6) is 17.4 Å². The highest BCUT2D eigenvalue weighted by Crippen LogP contribution is 2.42. The third-order valence-electron chi connectivity index (χ3n) is 4.36. The van der Waals surface area contributed by atoms with E-state index in [4.69, 9.17) is 31.5 Å². The number of methoxy groups -OCH3 is 3. The van der Waals surface area contributed by atoms with Crippen molar-refractivity contribution in [2.24, 2.45) is 0 Å². The Morgan fingerprint density at radius 3 is 2.17 bits per heavy atom. The maximum Gasteiger partial charge on any atom is 0.330 e. The quantitative estimate of drug-likeness (QED) is 0.623. The van der Waals surface area contributed by atoms with Crippen molar-refractivity contribution >= 4 is 28.7 Å². The van der Waals surface area contributed by atoms with E-state index in [0.717, 1.165) is 0 Å². The minimum Gasteiger partial charge on any atom is -0.491 e. The SMILES string of the molecule is CC.CCn1c(=O)n(Cc2nc(OC)c(OC)c(OC)c2Cl)c2nc(N)nc(C)c21. The van der Waals surface area contributed by atoms with Gasteiger partial charge >= 0.3 is 5.69 Å². The number of fused-ring (bicyclic) bond motifs is 1. The minimum absolute atomic E-state index is 0.0355. The van der Waals surface area contributed by atoms with Gasteiger partial charge in [-0.25, -0.2) is 14.8 Å². The minimum atomic E-state index is -0.271. The number of nitrogens with zero attached hydrogens (tertiary/aromatic N) is 5. The van der Waals surface area contributed by atoms with Crippen LogP contribution >= 0.6 is 11.6 Å². The van der Waals surface area contributed by atoms with E-state index in [1.807, 2.05) is 20.8 Å². The Morgan fingerprint density at radius 1 is 1.00 bits per heavy atom. The van der Waals surface area contributed by atoms with Gasteiger partial charge in [-0.2, -0.15) is 4.98 Å². The molecule has 2 N–H and O–H groups in total. The molecule has 0 aliphatic rings. The molecular formula is C19H27ClN6O4. The highest BCUT2D eigenvalue weighted by atomic mass is 35.5. The number of pyridine rings is 1. The fourth-order valence-corrected chi connectivity index (χ4v) is 3.42. The summed E-state index contributed by atoms with van der Waals surface area (Å²) >= 11 is 6.48. The van der Waals surface area contributed by atoms with E-state index in [9.17, 15) is 4.79 Å². The summed E-state index contributed by atoms with van der Waals surface area (Å²) in [5.41, 5.74) is 7.53. The molecule has 0 spiro atoms. The van der Waals surface area contributed by atoms with Crippen molar-refractivity contribution in [2.75, 3.05) is 27.1 Å². The average molecular weight is 439 g/mol. The van der Waals surface area contributed by atoms with Crippen molar-refractivity contribution in [2.45, 2.75) is 40.8 Å². The normalized spacial score (nSPS) is 10.5. The van der Waals surface area contributed by atoms with Gasteiger partial charge < -0.3 is 19.9 Å². The monoisotopic (exact) mass is 438 g/mol. The summed E-state index contributed by atoms with van der Waals surface area (Å²) in [7, 11) is 4.37. The van der Waals surface area contributed by atoms with Gasteiger partial charge in [-0.15, -0.1) is 0 Å². The third kappa shape index (κ3) is 3.87. The first-order valence-corrected chi connectivity index (χ1v) is 9.83. The first-order valence-electron chi connectivity index (χ1n) is 9.45. The zero-order valence-corrected chi connectivity index (χ0v) is 19.0. The van der Waals surface area contributed by atoms with Crippen LogP contribution in [0.25, 0.3) is 11.2 Å². The van der Waals surface area contributed by atoms with Crippen LogP contribution in [-0.2, 0) is 13.1 Å². The van der Waals surface area contributed by atoms with Crippen molar-refractivity contribution < 1.29 is 14.2 Å². The molecule has 0 unspecified atom stereocenters. The number of ether oxygens (including phenoxy) is 3. The van der Waals surface area contributed by atoms with E-state index in [1.54, 1.807) is 11.5 Å². The third-order valence-corrected chi connectivity index (χ3v) is 4.75. The van der Waals surface area contributed by atoms with Gasteiger partial charge in [0.15, 0.2) is 11.4 Å². The number of anilines is 1. The van der Waals surface area contributed by atoms with Gasteiger partial charge in [0.1, 0.15) is 10.5 Å². The van der Waals surface area contributed by atoms with Crippen LogP contribution in [-0.4, -0.2) is 45.4 Å². The van der Waals surface area contributed by atoms with Crippen LogP contribution in [0.3, 0.4) is 0 Å². The molecule has 11 heteroatoms. The van der Waals surface area contributed by atoms with E-state index in [-0.39, 0.29) is 40.6 Å². The van der Waals surface area contributed by atoms with Crippen LogP contribution in [0.15, 0.2) is 4.79 Å². The van der Waals surface area contributed by atoms with Gasteiger partial charge in [0.05, 0.1) is 39.3 Å². The van der Waals surface area contributed by atoms with Gasteiger partial charge in [-0.1, -0.05) is 25.4 Å². The van der Waals surface area contributed by atoms with E-state index in [1.165, 1.54) is 25.9 Å². The van der Waals surface area contributed by atoms with Crippen molar-refractivity contribution in [3.8, 4) is 17.4 Å². The summed E-state index contributed by atoms with van der Waals surface area (Å²) < 4.78 is 18.9. The molecular weight excluding hydrogens is 412 g/mol. The predicted octanol–water partition coefficient (Wildman–Crippen LogP) is 2.65.